The molecule has 2 aromatic heterocycles. The molecule has 0 bridgehead atoms. The summed E-state index contributed by atoms with van der Waals surface area (Å²) in [6.07, 6.45) is 5.10. The maximum Gasteiger partial charge on any atom is 0.234 e. The molecule has 0 aliphatic rings. The van der Waals surface area contributed by atoms with Gasteiger partial charge in [0, 0.05) is 24.5 Å². The summed E-state index contributed by atoms with van der Waals surface area (Å²) >= 11 is 1.23. The van der Waals surface area contributed by atoms with Gasteiger partial charge in [-0.05, 0) is 36.8 Å². The molecule has 0 atom stereocenters. The Morgan fingerprint density at radius 3 is 2.81 bits per heavy atom. The number of aromatic nitrogens is 4. The molecule has 2 heterocycles. The third-order valence-corrected chi connectivity index (χ3v) is 4.66. The standard InChI is InChI=1S/C19H18FN5OS/c1-3-10-25-18(14-6-8-21-9-7-14)23-24-19(25)27-12-17(26)22-16-11-13(2)4-5-15(16)20/h3-9,11H,1,10,12H2,2H3,(H,22,26). The number of thioether (sulfide) groups is 1. The monoisotopic (exact) mass is 383 g/mol. The van der Waals surface area contributed by atoms with E-state index in [4.69, 9.17) is 0 Å². The van der Waals surface area contributed by atoms with Crippen LogP contribution in [0.5, 0.6) is 0 Å². The minimum atomic E-state index is -0.464. The van der Waals surface area contributed by atoms with Crippen LogP contribution in [0.2, 0.25) is 0 Å². The van der Waals surface area contributed by atoms with Crippen molar-refractivity contribution in [1.29, 1.82) is 0 Å². The van der Waals surface area contributed by atoms with Gasteiger partial charge < -0.3 is 5.32 Å². The van der Waals surface area contributed by atoms with Crippen LogP contribution in [-0.2, 0) is 11.3 Å². The van der Waals surface area contributed by atoms with Crippen molar-refractivity contribution in [3.05, 3.63) is 66.8 Å². The van der Waals surface area contributed by atoms with E-state index in [0.717, 1.165) is 11.1 Å². The first kappa shape index (κ1) is 18.8. The Labute approximate surface area is 160 Å². The molecular formula is C19H18FN5OS. The van der Waals surface area contributed by atoms with Gasteiger partial charge in [-0.15, -0.1) is 16.8 Å². The van der Waals surface area contributed by atoms with Crippen molar-refractivity contribution >= 4 is 23.4 Å². The normalized spacial score (nSPS) is 10.6. The zero-order valence-electron chi connectivity index (χ0n) is 14.7. The van der Waals surface area contributed by atoms with Crippen molar-refractivity contribution in [3.8, 4) is 11.4 Å². The second-order valence-corrected chi connectivity index (χ2v) is 6.70. The van der Waals surface area contributed by atoms with Crippen molar-refractivity contribution in [2.75, 3.05) is 11.1 Å². The predicted octanol–water partition coefficient (Wildman–Crippen LogP) is 3.70. The summed E-state index contributed by atoms with van der Waals surface area (Å²) in [5.74, 6) is -0.0271. The summed E-state index contributed by atoms with van der Waals surface area (Å²) in [5, 5.41) is 11.6. The topological polar surface area (TPSA) is 72.7 Å². The molecule has 0 saturated carbocycles. The molecule has 3 aromatic rings. The number of rotatable bonds is 7. The Morgan fingerprint density at radius 1 is 1.30 bits per heavy atom. The molecule has 1 N–H and O–H groups in total. The highest BCUT2D eigenvalue weighted by Gasteiger charge is 2.15. The van der Waals surface area contributed by atoms with Crippen molar-refractivity contribution in [2.45, 2.75) is 18.6 Å². The summed E-state index contributed by atoms with van der Waals surface area (Å²) in [6.45, 7) is 6.10. The van der Waals surface area contributed by atoms with Gasteiger partial charge in [0.2, 0.25) is 5.91 Å². The van der Waals surface area contributed by atoms with Gasteiger partial charge >= 0.3 is 0 Å². The molecule has 0 aliphatic carbocycles. The summed E-state index contributed by atoms with van der Waals surface area (Å²) < 4.78 is 15.7. The van der Waals surface area contributed by atoms with E-state index in [-0.39, 0.29) is 17.3 Å². The first-order chi connectivity index (χ1) is 13.1. The van der Waals surface area contributed by atoms with E-state index in [1.165, 1.54) is 17.8 Å². The lowest BCUT2D eigenvalue weighted by Crippen LogP contribution is -2.15. The molecule has 3 rings (SSSR count). The molecular weight excluding hydrogens is 365 g/mol. The van der Waals surface area contributed by atoms with E-state index in [1.807, 2.05) is 23.6 Å². The van der Waals surface area contributed by atoms with Gasteiger partial charge in [0.05, 0.1) is 11.4 Å². The number of allylic oxidation sites excluding steroid dienone is 1. The zero-order valence-corrected chi connectivity index (χ0v) is 15.5. The fourth-order valence-electron chi connectivity index (χ4n) is 2.45. The summed E-state index contributed by atoms with van der Waals surface area (Å²) in [7, 11) is 0. The fourth-order valence-corrected chi connectivity index (χ4v) is 3.20. The van der Waals surface area contributed by atoms with E-state index < -0.39 is 5.82 Å². The van der Waals surface area contributed by atoms with Gasteiger partial charge in [-0.2, -0.15) is 0 Å². The molecule has 1 aromatic carbocycles. The Balaban J connectivity index is 1.72. The molecule has 0 spiro atoms. The number of hydrogen-bond donors (Lipinski definition) is 1. The average molecular weight is 383 g/mol. The number of aryl methyl sites for hydroxylation is 1. The number of hydrogen-bond acceptors (Lipinski definition) is 5. The van der Waals surface area contributed by atoms with Gasteiger partial charge in [0.15, 0.2) is 11.0 Å². The maximum absolute atomic E-state index is 13.8. The number of halogens is 1. The van der Waals surface area contributed by atoms with Crippen molar-refractivity contribution in [1.82, 2.24) is 19.7 Å². The summed E-state index contributed by atoms with van der Waals surface area (Å²) in [6, 6.07) is 8.26. The average Bonchev–Trinajstić information content (AvgIpc) is 3.07. The first-order valence-electron chi connectivity index (χ1n) is 8.22. The highest BCUT2D eigenvalue weighted by molar-refractivity contribution is 7.99. The lowest BCUT2D eigenvalue weighted by atomic mass is 10.2. The molecule has 8 heteroatoms. The molecule has 6 nitrogen and oxygen atoms in total. The summed E-state index contributed by atoms with van der Waals surface area (Å²) in [5.41, 5.74) is 1.91. The van der Waals surface area contributed by atoms with Gasteiger partial charge in [-0.3, -0.25) is 14.3 Å². The van der Waals surface area contributed by atoms with Crippen molar-refractivity contribution < 1.29 is 9.18 Å². The lowest BCUT2D eigenvalue weighted by Gasteiger charge is -2.09. The molecule has 1 amide bonds. The molecule has 0 fully saturated rings. The Kier molecular flexibility index (Phi) is 5.97. The smallest absolute Gasteiger partial charge is 0.234 e. The van der Waals surface area contributed by atoms with Crippen LogP contribution in [0.15, 0.2) is 60.5 Å². The number of pyridine rings is 1. The minimum Gasteiger partial charge on any atom is -0.323 e. The van der Waals surface area contributed by atoms with Crippen LogP contribution >= 0.6 is 11.8 Å². The predicted molar refractivity (Wildman–Crippen MR) is 104 cm³/mol. The van der Waals surface area contributed by atoms with Gasteiger partial charge in [-0.25, -0.2) is 4.39 Å². The molecule has 0 aliphatic heterocycles. The van der Waals surface area contributed by atoms with E-state index in [1.54, 1.807) is 30.6 Å². The van der Waals surface area contributed by atoms with Gasteiger partial charge in [0.1, 0.15) is 5.82 Å². The van der Waals surface area contributed by atoms with E-state index >= 15 is 0 Å². The number of benzene rings is 1. The number of amides is 1. The highest BCUT2D eigenvalue weighted by Crippen LogP contribution is 2.24. The van der Waals surface area contributed by atoms with Crippen LogP contribution in [0.3, 0.4) is 0 Å². The second kappa shape index (κ2) is 8.59. The number of carbonyl (C=O) groups is 1. The number of nitrogens with one attached hydrogen (secondary N) is 1. The van der Waals surface area contributed by atoms with Crippen LogP contribution < -0.4 is 5.32 Å². The maximum atomic E-state index is 13.8. The van der Waals surface area contributed by atoms with E-state index in [9.17, 15) is 9.18 Å². The van der Waals surface area contributed by atoms with E-state index in [0.29, 0.717) is 17.5 Å². The van der Waals surface area contributed by atoms with Gasteiger partial charge in [0.25, 0.3) is 0 Å². The van der Waals surface area contributed by atoms with Crippen LogP contribution in [0, 0.1) is 12.7 Å². The third kappa shape index (κ3) is 4.59. The largest absolute Gasteiger partial charge is 0.323 e. The minimum absolute atomic E-state index is 0.0823. The second-order valence-electron chi connectivity index (χ2n) is 5.76. The number of nitrogens with zero attached hydrogens (tertiary/aromatic N) is 4. The van der Waals surface area contributed by atoms with Crippen molar-refractivity contribution in [3.63, 3.8) is 0 Å². The lowest BCUT2D eigenvalue weighted by molar-refractivity contribution is -0.113. The van der Waals surface area contributed by atoms with Crippen molar-refractivity contribution in [2.24, 2.45) is 0 Å². The SMILES string of the molecule is C=CCn1c(SCC(=O)Nc2cc(C)ccc2F)nnc1-c1ccncc1. The Morgan fingerprint density at radius 2 is 2.07 bits per heavy atom. The quantitative estimate of drug-likeness (QED) is 0.497. The van der Waals surface area contributed by atoms with Crippen LogP contribution in [0.4, 0.5) is 10.1 Å². The first-order valence-corrected chi connectivity index (χ1v) is 9.20. The summed E-state index contributed by atoms with van der Waals surface area (Å²) in [4.78, 5) is 16.2. The number of carbonyl (C=O) groups excluding carboxylic acids is 1. The molecule has 0 unspecified atom stereocenters. The van der Waals surface area contributed by atoms with Crippen LogP contribution in [0.25, 0.3) is 11.4 Å². The fraction of sp³-hybridized carbons (Fsp3) is 0.158. The molecule has 27 heavy (non-hydrogen) atoms. The zero-order chi connectivity index (χ0) is 19.2. The molecule has 0 saturated heterocycles. The Bertz CT molecular complexity index is 958. The third-order valence-electron chi connectivity index (χ3n) is 3.70. The Hall–Kier alpha value is -3.00. The van der Waals surface area contributed by atoms with Crippen LogP contribution in [0.1, 0.15) is 5.56 Å². The van der Waals surface area contributed by atoms with Gasteiger partial charge in [-0.1, -0.05) is 23.9 Å². The van der Waals surface area contributed by atoms with Crippen LogP contribution in [-0.4, -0.2) is 31.4 Å². The highest BCUT2D eigenvalue weighted by atomic mass is 32.2. The molecule has 138 valence electrons. The van der Waals surface area contributed by atoms with E-state index in [2.05, 4.69) is 27.1 Å². The number of anilines is 1. The molecule has 0 radical (unpaired) electrons.